The Morgan fingerprint density at radius 1 is 0.444 bits per heavy atom. The first-order chi connectivity index (χ1) is 31.1. The average molecular weight is 826 g/mol. The van der Waals surface area contributed by atoms with Gasteiger partial charge in [-0.3, -0.25) is 0 Å². The Hall–Kier alpha value is -7.99. The summed E-state index contributed by atoms with van der Waals surface area (Å²) in [5, 5.41) is 6.41. The van der Waals surface area contributed by atoms with E-state index in [2.05, 4.69) is 164 Å². The van der Waals surface area contributed by atoms with Gasteiger partial charge in [-0.25, -0.2) is 15.0 Å². The molecule has 0 radical (unpaired) electrons. The quantitative estimate of drug-likeness (QED) is 0.0740. The van der Waals surface area contributed by atoms with Crippen LogP contribution in [0.1, 0.15) is 16.9 Å². The van der Waals surface area contributed by atoms with Crippen LogP contribution in [0.15, 0.2) is 235 Å². The first-order valence-corrected chi connectivity index (χ1v) is 23.2. The summed E-state index contributed by atoms with van der Waals surface area (Å²) in [4.78, 5) is 14.8. The Labute approximate surface area is 369 Å². The highest BCUT2D eigenvalue weighted by molar-refractivity contribution is 7.19. The van der Waals surface area contributed by atoms with Crippen LogP contribution in [-0.2, 0) is 0 Å². The summed E-state index contributed by atoms with van der Waals surface area (Å²) in [6.45, 7) is 6.34. The van der Waals surface area contributed by atoms with Gasteiger partial charge in [-0.2, -0.15) is 0 Å². The molecule has 4 nitrogen and oxygen atoms in total. The van der Waals surface area contributed by atoms with Crippen molar-refractivity contribution in [1.82, 2.24) is 15.0 Å². The molecule has 0 bridgehead atoms. The summed E-state index contributed by atoms with van der Waals surface area (Å²) in [6.07, 6.45) is 4.17. The summed E-state index contributed by atoms with van der Waals surface area (Å²) in [6, 6.07) is 77.1. The minimum atomic E-state index is -2.66. The van der Waals surface area contributed by atoms with E-state index >= 15 is 0 Å². The Kier molecular flexibility index (Phi) is 10.7. The van der Waals surface area contributed by atoms with Gasteiger partial charge in [-0.15, -0.1) is 0 Å². The molecule has 0 unspecified atom stereocenters. The lowest BCUT2D eigenvalue weighted by atomic mass is 9.95. The zero-order valence-electron chi connectivity index (χ0n) is 34.9. The third kappa shape index (κ3) is 7.45. The molecular weight excluding hydrogens is 783 g/mol. The molecule has 10 aromatic rings. The molecule has 0 spiro atoms. The van der Waals surface area contributed by atoms with Crippen molar-refractivity contribution in [2.24, 2.45) is 0 Å². The maximum Gasteiger partial charge on any atom is 0.179 e. The molecule has 0 N–H and O–H groups in total. The van der Waals surface area contributed by atoms with Gasteiger partial charge in [0.1, 0.15) is 11.3 Å². The first-order valence-electron chi connectivity index (χ1n) is 21.2. The molecule has 0 aliphatic carbocycles. The molecule has 63 heavy (non-hydrogen) atoms. The molecule has 0 atom stereocenters. The normalized spacial score (nSPS) is 11.7. The van der Waals surface area contributed by atoms with Crippen molar-refractivity contribution in [2.75, 3.05) is 0 Å². The third-order valence-electron chi connectivity index (χ3n) is 11.9. The minimum Gasteiger partial charge on any atom is -0.461 e. The fourth-order valence-electron chi connectivity index (χ4n) is 8.83. The van der Waals surface area contributed by atoms with E-state index in [4.69, 9.17) is 19.4 Å². The summed E-state index contributed by atoms with van der Waals surface area (Å²) in [5.41, 5.74) is 8.89. The van der Waals surface area contributed by atoms with E-state index in [1.54, 1.807) is 0 Å². The van der Waals surface area contributed by atoms with Crippen molar-refractivity contribution in [3.05, 3.63) is 248 Å². The van der Waals surface area contributed by atoms with Crippen LogP contribution in [0.5, 0.6) is 0 Å². The molecule has 5 heteroatoms. The van der Waals surface area contributed by atoms with Crippen LogP contribution in [0.3, 0.4) is 0 Å². The number of allylic oxidation sites excluding steroid dienone is 2. The van der Waals surface area contributed by atoms with Crippen LogP contribution in [0.4, 0.5) is 0 Å². The lowest BCUT2D eigenvalue weighted by Gasteiger charge is -2.34. The second kappa shape index (κ2) is 17.2. The number of rotatable bonds is 11. The molecule has 0 saturated heterocycles. The molecule has 300 valence electrons. The van der Waals surface area contributed by atoms with Crippen LogP contribution in [0.25, 0.3) is 67.9 Å². The fraction of sp³-hybridized carbons (Fsp3) is 0.0172. The zero-order chi connectivity index (χ0) is 42.6. The lowest BCUT2D eigenvalue weighted by molar-refractivity contribution is 0.577. The SMILES string of the molecule is C=C/C(=C\c1c(C)oc2cccc(-c3ccc(-c4nc(-c5ccccc5)nc(-c5ccccc5)n4)cc3)c12)c1ccc([Si](c2ccccc2)(c2ccccc2)c2ccccc2)cc1. The van der Waals surface area contributed by atoms with E-state index in [1.807, 2.05) is 79.7 Å². The van der Waals surface area contributed by atoms with Gasteiger partial charge in [-0.1, -0.05) is 225 Å². The number of aromatic nitrogens is 3. The van der Waals surface area contributed by atoms with E-state index in [1.165, 1.54) is 20.7 Å². The maximum atomic E-state index is 6.46. The molecule has 0 saturated carbocycles. The second-order valence-corrected chi connectivity index (χ2v) is 19.4. The van der Waals surface area contributed by atoms with Crippen LogP contribution in [0.2, 0.25) is 0 Å². The highest BCUT2D eigenvalue weighted by atomic mass is 28.3. The Morgan fingerprint density at radius 2 is 0.857 bits per heavy atom. The molecule has 10 rings (SSSR count). The van der Waals surface area contributed by atoms with Gasteiger partial charge in [0.15, 0.2) is 25.5 Å². The van der Waals surface area contributed by atoms with E-state index in [0.717, 1.165) is 61.2 Å². The Morgan fingerprint density at radius 3 is 1.32 bits per heavy atom. The Bertz CT molecular complexity index is 3050. The summed E-state index contributed by atoms with van der Waals surface area (Å²) < 4.78 is 6.46. The van der Waals surface area contributed by atoms with Gasteiger partial charge >= 0.3 is 0 Å². The predicted octanol–water partition coefficient (Wildman–Crippen LogP) is 11.7. The maximum absolute atomic E-state index is 6.46. The monoisotopic (exact) mass is 825 g/mol. The predicted molar refractivity (Wildman–Crippen MR) is 264 cm³/mol. The van der Waals surface area contributed by atoms with E-state index in [-0.39, 0.29) is 0 Å². The van der Waals surface area contributed by atoms with Crippen LogP contribution >= 0.6 is 0 Å². The first kappa shape index (κ1) is 39.2. The molecule has 0 fully saturated rings. The number of nitrogens with zero attached hydrogens (tertiary/aromatic N) is 3. The van der Waals surface area contributed by atoms with Crippen molar-refractivity contribution in [1.29, 1.82) is 0 Å². The summed E-state index contributed by atoms with van der Waals surface area (Å²) >= 11 is 0. The van der Waals surface area contributed by atoms with Crippen molar-refractivity contribution >= 4 is 51.4 Å². The highest BCUT2D eigenvalue weighted by Gasteiger charge is 2.41. The second-order valence-electron chi connectivity index (χ2n) is 15.6. The van der Waals surface area contributed by atoms with Crippen molar-refractivity contribution in [2.45, 2.75) is 6.92 Å². The van der Waals surface area contributed by atoms with Gasteiger partial charge in [0.05, 0.1) is 0 Å². The van der Waals surface area contributed by atoms with Crippen molar-refractivity contribution in [3.8, 4) is 45.3 Å². The number of fused-ring (bicyclic) bond motifs is 1. The largest absolute Gasteiger partial charge is 0.461 e. The molecule has 2 heterocycles. The van der Waals surface area contributed by atoms with Crippen molar-refractivity contribution in [3.63, 3.8) is 0 Å². The van der Waals surface area contributed by atoms with Crippen LogP contribution in [0, 0.1) is 6.92 Å². The van der Waals surface area contributed by atoms with E-state index in [9.17, 15) is 0 Å². The van der Waals surface area contributed by atoms with Gasteiger partial charge in [0.25, 0.3) is 0 Å². The van der Waals surface area contributed by atoms with Gasteiger partial charge in [-0.05, 0) is 62.1 Å². The highest BCUT2D eigenvalue weighted by Crippen LogP contribution is 2.38. The minimum absolute atomic E-state index is 0.619. The molecule has 0 aliphatic heterocycles. The lowest BCUT2D eigenvalue weighted by Crippen LogP contribution is -2.74. The van der Waals surface area contributed by atoms with Gasteiger partial charge in [0.2, 0.25) is 0 Å². The molecule has 0 aliphatic rings. The number of hydrogen-bond acceptors (Lipinski definition) is 4. The number of furan rings is 1. The molecule has 0 amide bonds. The molecular formula is C58H43N3OSi. The van der Waals surface area contributed by atoms with E-state index in [0.29, 0.717) is 17.5 Å². The van der Waals surface area contributed by atoms with Crippen LogP contribution in [-0.4, -0.2) is 23.0 Å². The fourth-order valence-corrected chi connectivity index (χ4v) is 13.6. The molecule has 2 aromatic heterocycles. The number of benzene rings is 8. The van der Waals surface area contributed by atoms with Crippen molar-refractivity contribution < 1.29 is 4.42 Å². The smallest absolute Gasteiger partial charge is 0.179 e. The average Bonchev–Trinajstić information content (AvgIpc) is 3.69. The Balaban J connectivity index is 1.03. The standard InChI is InChI=1S/C58H43N3OSi/c1-3-42(43-36-38-51(39-37-43)63(48-24-13-6-14-25-48,49-26-15-7-16-27-49)50-28-17-8-18-29-50)40-53-41(2)62-54-31-19-30-52(55(53)54)44-32-34-47(35-33-44)58-60-56(45-20-9-4-10-21-45)59-57(61-58)46-22-11-5-12-23-46/h3-40H,1H2,2H3/b42-40+. The number of aryl methyl sites for hydroxylation is 1. The van der Waals surface area contributed by atoms with E-state index < -0.39 is 8.07 Å². The van der Waals surface area contributed by atoms with Gasteiger partial charge in [0, 0.05) is 27.6 Å². The number of hydrogen-bond donors (Lipinski definition) is 0. The third-order valence-corrected chi connectivity index (χ3v) is 16.7. The zero-order valence-corrected chi connectivity index (χ0v) is 35.9. The topological polar surface area (TPSA) is 51.8 Å². The van der Waals surface area contributed by atoms with Crippen LogP contribution < -0.4 is 20.7 Å². The summed E-state index contributed by atoms with van der Waals surface area (Å²) in [7, 11) is -2.66. The summed E-state index contributed by atoms with van der Waals surface area (Å²) in [5.74, 6) is 2.74. The molecule has 8 aromatic carbocycles. The van der Waals surface area contributed by atoms with Gasteiger partial charge < -0.3 is 4.42 Å².